The molecule has 1 amide bonds. The number of carbonyl (C=O) groups is 1. The molecule has 0 radical (unpaired) electrons. The molecular weight excluding hydrogens is 392 g/mol. The summed E-state index contributed by atoms with van der Waals surface area (Å²) < 4.78 is 0. The van der Waals surface area contributed by atoms with Crippen molar-refractivity contribution in [3.63, 3.8) is 0 Å². The van der Waals surface area contributed by atoms with Gasteiger partial charge in [0.15, 0.2) is 0 Å². The van der Waals surface area contributed by atoms with Gasteiger partial charge in [0.05, 0.1) is 16.8 Å². The molecule has 0 unspecified atom stereocenters. The lowest BCUT2D eigenvalue weighted by Crippen LogP contribution is -2.34. The highest BCUT2D eigenvalue weighted by atomic mass is 16.1. The van der Waals surface area contributed by atoms with Gasteiger partial charge in [-0.25, -0.2) is 4.98 Å². The van der Waals surface area contributed by atoms with E-state index in [1.54, 1.807) is 0 Å². The van der Waals surface area contributed by atoms with Crippen molar-refractivity contribution >= 4 is 16.8 Å². The molecule has 1 N–H and O–H groups in total. The molecule has 3 aromatic carbocycles. The van der Waals surface area contributed by atoms with Crippen molar-refractivity contribution in [3.8, 4) is 22.4 Å². The average Bonchev–Trinajstić information content (AvgIpc) is 3.12. The van der Waals surface area contributed by atoms with Gasteiger partial charge in [-0.1, -0.05) is 98.5 Å². The summed E-state index contributed by atoms with van der Waals surface area (Å²) >= 11 is 0. The average molecular weight is 421 g/mol. The number of hydrogen-bond donors (Lipinski definition) is 1. The van der Waals surface area contributed by atoms with Crippen molar-refractivity contribution in [2.24, 2.45) is 0 Å². The molecule has 1 aliphatic carbocycles. The molecule has 1 saturated carbocycles. The summed E-state index contributed by atoms with van der Waals surface area (Å²) in [5.41, 5.74) is 5.76. The first kappa shape index (κ1) is 20.4. The first-order valence-corrected chi connectivity index (χ1v) is 11.6. The number of amides is 1. The largest absolute Gasteiger partial charge is 0.349 e. The lowest BCUT2D eigenvalue weighted by Gasteiger charge is -2.17. The van der Waals surface area contributed by atoms with Crippen LogP contribution in [-0.2, 0) is 0 Å². The minimum atomic E-state index is 0.0117. The Hall–Kier alpha value is -3.46. The third-order valence-corrected chi connectivity index (χ3v) is 6.44. The third kappa shape index (κ3) is 4.43. The highest BCUT2D eigenvalue weighted by Gasteiger charge is 2.19. The summed E-state index contributed by atoms with van der Waals surface area (Å²) in [7, 11) is 0. The van der Waals surface area contributed by atoms with Gasteiger partial charge in [-0.05, 0) is 36.1 Å². The van der Waals surface area contributed by atoms with Gasteiger partial charge in [0.25, 0.3) is 5.91 Å². The van der Waals surface area contributed by atoms with Crippen LogP contribution in [0.2, 0.25) is 0 Å². The van der Waals surface area contributed by atoms with E-state index >= 15 is 0 Å². The first-order valence-electron chi connectivity index (χ1n) is 11.6. The van der Waals surface area contributed by atoms with E-state index < -0.39 is 0 Å². The molecule has 1 fully saturated rings. The van der Waals surface area contributed by atoms with Crippen molar-refractivity contribution in [1.29, 1.82) is 0 Å². The van der Waals surface area contributed by atoms with Crippen LogP contribution >= 0.6 is 0 Å². The summed E-state index contributed by atoms with van der Waals surface area (Å²) in [5.74, 6) is 0.0117. The fourth-order valence-corrected chi connectivity index (χ4v) is 4.66. The van der Waals surface area contributed by atoms with Crippen molar-refractivity contribution in [1.82, 2.24) is 10.3 Å². The van der Waals surface area contributed by atoms with Gasteiger partial charge < -0.3 is 5.32 Å². The summed E-state index contributed by atoms with van der Waals surface area (Å²) in [6, 6.07) is 28.9. The van der Waals surface area contributed by atoms with Crippen LogP contribution in [0.15, 0.2) is 84.9 Å². The van der Waals surface area contributed by atoms with Crippen LogP contribution in [0, 0.1) is 0 Å². The van der Waals surface area contributed by atoms with Gasteiger partial charge in [0.2, 0.25) is 0 Å². The number of nitrogens with one attached hydrogen (secondary N) is 1. The molecule has 0 saturated heterocycles. The number of carbonyl (C=O) groups excluding carboxylic acids is 1. The lowest BCUT2D eigenvalue weighted by molar-refractivity contribution is 0.0935. The first-order chi connectivity index (χ1) is 15.8. The van der Waals surface area contributed by atoms with E-state index in [1.807, 2.05) is 48.5 Å². The monoisotopic (exact) mass is 420 g/mol. The molecule has 32 heavy (non-hydrogen) atoms. The van der Waals surface area contributed by atoms with E-state index in [-0.39, 0.29) is 11.9 Å². The molecule has 1 heterocycles. The predicted octanol–water partition coefficient (Wildman–Crippen LogP) is 7.02. The van der Waals surface area contributed by atoms with Gasteiger partial charge in [-0.2, -0.15) is 0 Å². The Morgan fingerprint density at radius 3 is 2.09 bits per heavy atom. The second-order valence-corrected chi connectivity index (χ2v) is 8.68. The van der Waals surface area contributed by atoms with Crippen molar-refractivity contribution in [2.75, 3.05) is 0 Å². The van der Waals surface area contributed by atoms with Crippen LogP contribution in [0.5, 0.6) is 0 Å². The highest BCUT2D eigenvalue weighted by molar-refractivity contribution is 6.07. The van der Waals surface area contributed by atoms with E-state index in [2.05, 4.69) is 41.7 Å². The predicted molar refractivity (Wildman–Crippen MR) is 132 cm³/mol. The molecule has 3 nitrogen and oxygen atoms in total. The summed E-state index contributed by atoms with van der Waals surface area (Å²) in [4.78, 5) is 18.2. The Balaban J connectivity index is 1.48. The number of hydrogen-bond acceptors (Lipinski definition) is 2. The molecule has 160 valence electrons. The maximum absolute atomic E-state index is 13.3. The van der Waals surface area contributed by atoms with E-state index in [4.69, 9.17) is 4.98 Å². The Kier molecular flexibility index (Phi) is 5.98. The van der Waals surface area contributed by atoms with Crippen molar-refractivity contribution in [3.05, 3.63) is 90.5 Å². The van der Waals surface area contributed by atoms with Crippen molar-refractivity contribution < 1.29 is 4.79 Å². The normalized spacial score (nSPS) is 14.8. The summed E-state index contributed by atoms with van der Waals surface area (Å²) in [5, 5.41) is 4.22. The zero-order valence-corrected chi connectivity index (χ0v) is 18.3. The Morgan fingerprint density at radius 2 is 1.34 bits per heavy atom. The molecule has 1 aromatic heterocycles. The number of para-hydroxylation sites is 1. The fraction of sp³-hybridized carbons (Fsp3) is 0.241. The number of rotatable bonds is 4. The molecule has 0 atom stereocenters. The topological polar surface area (TPSA) is 42.0 Å². The third-order valence-electron chi connectivity index (χ3n) is 6.44. The SMILES string of the molecule is O=C(NC1CCCCCC1)c1cc(-c2ccc(-c3ccccc3)cc2)nc2ccccc12. The molecule has 5 rings (SSSR count). The number of aromatic nitrogens is 1. The Labute approximate surface area is 189 Å². The van der Waals surface area contributed by atoms with Crippen molar-refractivity contribution in [2.45, 2.75) is 44.6 Å². The van der Waals surface area contributed by atoms with Crippen LogP contribution in [0.4, 0.5) is 0 Å². The number of fused-ring (bicyclic) bond motifs is 1. The minimum Gasteiger partial charge on any atom is -0.349 e. The zero-order chi connectivity index (χ0) is 21.8. The second kappa shape index (κ2) is 9.35. The molecule has 3 heteroatoms. The highest BCUT2D eigenvalue weighted by Crippen LogP contribution is 2.28. The van der Waals surface area contributed by atoms with Gasteiger partial charge >= 0.3 is 0 Å². The standard InChI is InChI=1S/C29H28N2O/c32-29(30-24-12-6-1-2-7-13-24)26-20-28(31-27-15-9-8-14-25(26)27)23-18-16-22(17-19-23)21-10-4-3-5-11-21/h3-5,8-11,14-20,24H,1-2,6-7,12-13H2,(H,30,32). The van der Waals surface area contributed by atoms with E-state index in [0.717, 1.165) is 35.0 Å². The quantitative estimate of drug-likeness (QED) is 0.360. The van der Waals surface area contributed by atoms with E-state index in [0.29, 0.717) is 5.56 Å². The van der Waals surface area contributed by atoms with E-state index in [9.17, 15) is 4.79 Å². The van der Waals surface area contributed by atoms with Crippen LogP contribution in [-0.4, -0.2) is 16.9 Å². The van der Waals surface area contributed by atoms with Crippen LogP contribution in [0.3, 0.4) is 0 Å². The minimum absolute atomic E-state index is 0.0117. The number of pyridine rings is 1. The molecule has 0 bridgehead atoms. The molecule has 1 aliphatic rings. The smallest absolute Gasteiger partial charge is 0.252 e. The zero-order valence-electron chi connectivity index (χ0n) is 18.3. The summed E-state index contributed by atoms with van der Waals surface area (Å²) in [6.45, 7) is 0. The van der Waals surface area contributed by atoms with Gasteiger partial charge in [-0.15, -0.1) is 0 Å². The van der Waals surface area contributed by atoms with Gasteiger partial charge in [0, 0.05) is 17.0 Å². The summed E-state index contributed by atoms with van der Waals surface area (Å²) in [6.07, 6.45) is 7.08. The maximum Gasteiger partial charge on any atom is 0.252 e. The lowest BCUT2D eigenvalue weighted by atomic mass is 10.00. The fourth-order valence-electron chi connectivity index (χ4n) is 4.66. The maximum atomic E-state index is 13.3. The van der Waals surface area contributed by atoms with Crippen LogP contribution in [0.1, 0.15) is 48.9 Å². The van der Waals surface area contributed by atoms with Crippen LogP contribution < -0.4 is 5.32 Å². The Bertz CT molecular complexity index is 1210. The van der Waals surface area contributed by atoms with Gasteiger partial charge in [-0.3, -0.25) is 4.79 Å². The molecule has 4 aromatic rings. The number of nitrogens with zero attached hydrogens (tertiary/aromatic N) is 1. The van der Waals surface area contributed by atoms with E-state index in [1.165, 1.54) is 36.8 Å². The van der Waals surface area contributed by atoms with Crippen LogP contribution in [0.25, 0.3) is 33.3 Å². The molecule has 0 aliphatic heterocycles. The second-order valence-electron chi connectivity index (χ2n) is 8.68. The number of benzene rings is 3. The Morgan fingerprint density at radius 1 is 0.719 bits per heavy atom. The van der Waals surface area contributed by atoms with Gasteiger partial charge in [0.1, 0.15) is 0 Å². The molecular formula is C29H28N2O. The molecule has 0 spiro atoms.